The lowest BCUT2D eigenvalue weighted by atomic mass is 9.93. The van der Waals surface area contributed by atoms with Gasteiger partial charge in [0.2, 0.25) is 0 Å². The molecule has 0 spiro atoms. The Bertz CT molecular complexity index is 641. The van der Waals surface area contributed by atoms with Gasteiger partial charge >= 0.3 is 0 Å². The largest absolute Gasteiger partial charge is 0.461 e. The van der Waals surface area contributed by atoms with Gasteiger partial charge in [-0.2, -0.15) is 5.26 Å². The molecular formula is C21H28N2O. The second-order valence-electron chi connectivity index (χ2n) is 5.91. The number of nitrogens with zero attached hydrogens (tertiary/aromatic N) is 1. The number of nitrogens with one attached hydrogen (secondary N) is 1. The van der Waals surface area contributed by atoms with Crippen LogP contribution in [0.2, 0.25) is 0 Å². The number of hydrogen-bond acceptors (Lipinski definition) is 3. The van der Waals surface area contributed by atoms with E-state index in [4.69, 9.17) is 4.74 Å². The third-order valence-electron chi connectivity index (χ3n) is 4.06. The average Bonchev–Trinajstić information content (AvgIpc) is 2.59. The van der Waals surface area contributed by atoms with Crippen LogP contribution in [0.3, 0.4) is 0 Å². The van der Waals surface area contributed by atoms with Crippen LogP contribution in [-0.2, 0) is 4.74 Å². The van der Waals surface area contributed by atoms with Gasteiger partial charge in [-0.25, -0.2) is 0 Å². The molecule has 1 heterocycles. The summed E-state index contributed by atoms with van der Waals surface area (Å²) in [7, 11) is 0. The summed E-state index contributed by atoms with van der Waals surface area (Å²) in [5.41, 5.74) is 3.22. The van der Waals surface area contributed by atoms with Gasteiger partial charge in [-0.15, -0.1) is 0 Å². The molecule has 0 fully saturated rings. The van der Waals surface area contributed by atoms with Crippen LogP contribution in [0.25, 0.3) is 0 Å². The van der Waals surface area contributed by atoms with E-state index in [9.17, 15) is 5.26 Å². The van der Waals surface area contributed by atoms with Crippen molar-refractivity contribution in [3.63, 3.8) is 0 Å². The molecule has 3 heteroatoms. The topological polar surface area (TPSA) is 45.0 Å². The minimum atomic E-state index is 0.209. The maximum absolute atomic E-state index is 9.43. The monoisotopic (exact) mass is 324 g/mol. The van der Waals surface area contributed by atoms with E-state index in [2.05, 4.69) is 51.0 Å². The molecule has 3 nitrogen and oxygen atoms in total. The van der Waals surface area contributed by atoms with E-state index < -0.39 is 0 Å². The van der Waals surface area contributed by atoms with Crippen molar-refractivity contribution < 1.29 is 4.74 Å². The molecule has 0 radical (unpaired) electrons. The Balaban J connectivity index is 2.73. The lowest BCUT2D eigenvalue weighted by molar-refractivity contribution is 0.259. The van der Waals surface area contributed by atoms with Gasteiger partial charge in [-0.3, -0.25) is 0 Å². The number of allylic oxidation sites excluding steroid dienone is 6. The van der Waals surface area contributed by atoms with Gasteiger partial charge in [0.15, 0.2) is 0 Å². The average molecular weight is 324 g/mol. The normalized spacial score (nSPS) is 15.6. The molecule has 0 amide bonds. The third-order valence-corrected chi connectivity index (χ3v) is 4.06. The van der Waals surface area contributed by atoms with Crippen molar-refractivity contribution in [2.45, 2.75) is 46.5 Å². The van der Waals surface area contributed by atoms with Gasteiger partial charge in [0.05, 0.1) is 5.57 Å². The zero-order valence-electron chi connectivity index (χ0n) is 15.1. The zero-order chi connectivity index (χ0) is 18.1. The fraction of sp³-hybridized carbons (Fsp3) is 0.381. The molecule has 0 aromatic heterocycles. The third kappa shape index (κ3) is 5.31. The van der Waals surface area contributed by atoms with E-state index in [1.807, 2.05) is 19.2 Å². The molecule has 0 aromatic carbocycles. The van der Waals surface area contributed by atoms with Crippen molar-refractivity contribution in [1.29, 1.82) is 5.26 Å². The van der Waals surface area contributed by atoms with E-state index in [0.29, 0.717) is 11.3 Å². The van der Waals surface area contributed by atoms with E-state index >= 15 is 0 Å². The van der Waals surface area contributed by atoms with Gasteiger partial charge in [-0.05, 0) is 43.5 Å². The summed E-state index contributed by atoms with van der Waals surface area (Å²) in [6.45, 7) is 18.0. The summed E-state index contributed by atoms with van der Waals surface area (Å²) in [4.78, 5) is 0. The summed E-state index contributed by atoms with van der Waals surface area (Å²) in [6, 6.07) is 2.25. The predicted octanol–water partition coefficient (Wildman–Crippen LogP) is 5.64. The zero-order valence-corrected chi connectivity index (χ0v) is 15.1. The van der Waals surface area contributed by atoms with Crippen molar-refractivity contribution in [2.75, 3.05) is 0 Å². The fourth-order valence-electron chi connectivity index (χ4n) is 2.33. The van der Waals surface area contributed by atoms with E-state index in [1.54, 1.807) is 0 Å². The van der Waals surface area contributed by atoms with Crippen LogP contribution in [0.5, 0.6) is 0 Å². The smallest absolute Gasteiger partial charge is 0.128 e. The Morgan fingerprint density at radius 1 is 1.38 bits per heavy atom. The first-order valence-corrected chi connectivity index (χ1v) is 8.45. The molecule has 1 N–H and O–H groups in total. The van der Waals surface area contributed by atoms with Crippen molar-refractivity contribution >= 4 is 0 Å². The highest BCUT2D eigenvalue weighted by molar-refractivity contribution is 5.56. The van der Waals surface area contributed by atoms with Crippen LogP contribution < -0.4 is 5.32 Å². The molecular weight excluding hydrogens is 296 g/mol. The van der Waals surface area contributed by atoms with Crippen molar-refractivity contribution in [3.8, 4) is 6.07 Å². The Kier molecular flexibility index (Phi) is 7.85. The molecule has 128 valence electrons. The Hall–Kier alpha value is -2.47. The van der Waals surface area contributed by atoms with E-state index in [-0.39, 0.29) is 5.92 Å². The minimum Gasteiger partial charge on any atom is -0.461 e. The van der Waals surface area contributed by atoms with Crippen molar-refractivity contribution in [2.24, 2.45) is 5.92 Å². The van der Waals surface area contributed by atoms with E-state index in [0.717, 1.165) is 48.3 Å². The fourth-order valence-corrected chi connectivity index (χ4v) is 2.33. The molecule has 0 saturated heterocycles. The van der Waals surface area contributed by atoms with Crippen LogP contribution in [0, 0.1) is 17.2 Å². The SMILES string of the molecule is C=C(CC)N/C=C/CCC(C)C1=CC(C#N)=C(C(=C)CC)C(=C)O1. The molecule has 0 bridgehead atoms. The van der Waals surface area contributed by atoms with Gasteiger partial charge in [-0.1, -0.05) is 46.6 Å². The highest BCUT2D eigenvalue weighted by atomic mass is 16.5. The number of hydrogen-bond donors (Lipinski definition) is 1. The second kappa shape index (κ2) is 9.62. The summed E-state index contributed by atoms with van der Waals surface area (Å²) in [6.07, 6.45) is 9.37. The first-order chi connectivity index (χ1) is 11.4. The molecule has 1 unspecified atom stereocenters. The summed E-state index contributed by atoms with van der Waals surface area (Å²) in [5, 5.41) is 12.6. The Labute approximate surface area is 146 Å². The molecule has 1 aliphatic rings. The van der Waals surface area contributed by atoms with E-state index in [1.165, 1.54) is 0 Å². The lowest BCUT2D eigenvalue weighted by Gasteiger charge is -2.24. The van der Waals surface area contributed by atoms with Crippen LogP contribution in [0.15, 0.2) is 72.0 Å². The van der Waals surface area contributed by atoms with Crippen molar-refractivity contribution in [3.05, 3.63) is 72.0 Å². The Morgan fingerprint density at radius 3 is 2.67 bits per heavy atom. The standard InChI is InChI=1S/C21H28N2O/c1-7-15(3)21-18(6)24-20(13-19(21)14-22)16(4)11-9-10-12-23-17(5)8-2/h10,12-13,16,23H,3,5-9,11H2,1-2,4H3/b12-10+. The van der Waals surface area contributed by atoms with Gasteiger partial charge in [0, 0.05) is 17.2 Å². The van der Waals surface area contributed by atoms with Gasteiger partial charge < -0.3 is 10.1 Å². The number of nitriles is 1. The molecule has 0 aromatic rings. The summed E-state index contributed by atoms with van der Waals surface area (Å²) in [5.74, 6) is 1.53. The molecule has 24 heavy (non-hydrogen) atoms. The summed E-state index contributed by atoms with van der Waals surface area (Å²) >= 11 is 0. The molecule has 1 atom stereocenters. The molecule has 1 rings (SSSR count). The number of rotatable bonds is 9. The first-order valence-electron chi connectivity index (χ1n) is 8.45. The van der Waals surface area contributed by atoms with Crippen LogP contribution in [0.1, 0.15) is 46.5 Å². The lowest BCUT2D eigenvalue weighted by Crippen LogP contribution is -2.11. The van der Waals surface area contributed by atoms with Crippen LogP contribution >= 0.6 is 0 Å². The summed E-state index contributed by atoms with van der Waals surface area (Å²) < 4.78 is 5.87. The second-order valence-corrected chi connectivity index (χ2v) is 5.91. The molecule has 1 aliphatic heterocycles. The Morgan fingerprint density at radius 2 is 2.08 bits per heavy atom. The maximum atomic E-state index is 9.43. The highest BCUT2D eigenvalue weighted by Gasteiger charge is 2.22. The van der Waals surface area contributed by atoms with Crippen LogP contribution in [0.4, 0.5) is 0 Å². The molecule has 0 saturated carbocycles. The minimum absolute atomic E-state index is 0.209. The van der Waals surface area contributed by atoms with Crippen LogP contribution in [-0.4, -0.2) is 0 Å². The first kappa shape index (κ1) is 19.6. The maximum Gasteiger partial charge on any atom is 0.128 e. The van der Waals surface area contributed by atoms with Gasteiger partial charge in [0.25, 0.3) is 0 Å². The molecule has 0 aliphatic carbocycles. The quantitative estimate of drug-likeness (QED) is 0.596. The van der Waals surface area contributed by atoms with Crippen molar-refractivity contribution in [1.82, 2.24) is 5.32 Å². The number of ether oxygens (including phenoxy) is 1. The predicted molar refractivity (Wildman–Crippen MR) is 100 cm³/mol. The highest BCUT2D eigenvalue weighted by Crippen LogP contribution is 2.34. The van der Waals surface area contributed by atoms with Gasteiger partial charge in [0.1, 0.15) is 17.6 Å².